The van der Waals surface area contributed by atoms with Gasteiger partial charge in [-0.15, -0.1) is 5.10 Å². The summed E-state index contributed by atoms with van der Waals surface area (Å²) in [5, 5.41) is 10.1. The van der Waals surface area contributed by atoms with Crippen LogP contribution in [0, 0.1) is 0 Å². The van der Waals surface area contributed by atoms with Crippen molar-refractivity contribution in [1.82, 2.24) is 15.2 Å². The first-order chi connectivity index (χ1) is 10.6. The number of rotatable bonds is 5. The van der Waals surface area contributed by atoms with Crippen molar-refractivity contribution in [3.63, 3.8) is 0 Å². The highest BCUT2D eigenvalue weighted by atomic mass is 32.2. The van der Waals surface area contributed by atoms with E-state index in [1.54, 1.807) is 18.2 Å². The number of hydrogen-bond donors (Lipinski definition) is 2. The maximum Gasteiger partial charge on any atom is 0.337 e. The molecule has 8 nitrogen and oxygen atoms in total. The summed E-state index contributed by atoms with van der Waals surface area (Å²) in [7, 11) is 1.28. The van der Waals surface area contributed by atoms with Gasteiger partial charge in [-0.1, -0.05) is 17.8 Å². The summed E-state index contributed by atoms with van der Waals surface area (Å²) in [4.78, 5) is 36.7. The number of thioether (sulfide) groups is 1. The molecule has 2 N–H and O–H groups in total. The van der Waals surface area contributed by atoms with Crippen LogP contribution in [0.5, 0.6) is 0 Å². The first-order valence-electron chi connectivity index (χ1n) is 6.11. The standard InChI is InChI=1S/C13H12N4O4S/c1-21-12(20)8-3-2-4-9(5-8)15-11(19)7-22-13-16-10(18)6-14-17-13/h2-6H,7H2,1H3,(H,15,19)(H,16,17,18). The van der Waals surface area contributed by atoms with Crippen molar-refractivity contribution in [2.45, 2.75) is 5.16 Å². The highest BCUT2D eigenvalue weighted by Crippen LogP contribution is 2.14. The fraction of sp³-hybridized carbons (Fsp3) is 0.154. The fourth-order valence-corrected chi connectivity index (χ4v) is 2.15. The van der Waals surface area contributed by atoms with Crippen molar-refractivity contribution in [3.05, 3.63) is 46.4 Å². The summed E-state index contributed by atoms with van der Waals surface area (Å²) < 4.78 is 4.61. The predicted octanol–water partition coefficient (Wildman–Crippen LogP) is 0.682. The van der Waals surface area contributed by atoms with Crippen LogP contribution in [0.2, 0.25) is 0 Å². The van der Waals surface area contributed by atoms with E-state index in [1.807, 2.05) is 0 Å². The minimum atomic E-state index is -0.484. The number of aromatic nitrogens is 3. The molecule has 0 aliphatic rings. The van der Waals surface area contributed by atoms with Crippen LogP contribution in [-0.4, -0.2) is 39.9 Å². The van der Waals surface area contributed by atoms with E-state index in [0.29, 0.717) is 11.3 Å². The van der Waals surface area contributed by atoms with E-state index >= 15 is 0 Å². The zero-order chi connectivity index (χ0) is 15.9. The summed E-state index contributed by atoms with van der Waals surface area (Å²) in [6.45, 7) is 0. The number of anilines is 1. The first kappa shape index (κ1) is 15.7. The van der Waals surface area contributed by atoms with Gasteiger partial charge in [0.2, 0.25) is 5.91 Å². The van der Waals surface area contributed by atoms with Crippen LogP contribution in [0.15, 0.2) is 40.4 Å². The van der Waals surface area contributed by atoms with E-state index in [0.717, 1.165) is 18.0 Å². The van der Waals surface area contributed by atoms with Crippen LogP contribution in [0.4, 0.5) is 5.69 Å². The van der Waals surface area contributed by atoms with E-state index in [2.05, 4.69) is 25.2 Å². The summed E-state index contributed by atoms with van der Waals surface area (Å²) in [5.74, 6) is -0.752. The molecule has 2 aromatic rings. The van der Waals surface area contributed by atoms with Gasteiger partial charge in [0.1, 0.15) is 6.20 Å². The molecule has 0 radical (unpaired) electrons. The molecule has 0 aliphatic heterocycles. The monoisotopic (exact) mass is 320 g/mol. The van der Waals surface area contributed by atoms with Crippen LogP contribution < -0.4 is 10.9 Å². The number of hydrogen-bond acceptors (Lipinski definition) is 7. The average Bonchev–Trinajstić information content (AvgIpc) is 2.52. The Morgan fingerprint density at radius 2 is 2.23 bits per heavy atom. The second kappa shape index (κ2) is 7.36. The van der Waals surface area contributed by atoms with Gasteiger partial charge in [-0.2, -0.15) is 5.10 Å². The van der Waals surface area contributed by atoms with Crippen molar-refractivity contribution < 1.29 is 14.3 Å². The number of H-pyrrole nitrogens is 1. The average molecular weight is 320 g/mol. The van der Waals surface area contributed by atoms with Crippen LogP contribution in [-0.2, 0) is 9.53 Å². The molecule has 0 aliphatic carbocycles. The second-order valence-electron chi connectivity index (χ2n) is 4.05. The molecule has 0 atom stereocenters. The Morgan fingerprint density at radius 3 is 2.95 bits per heavy atom. The van der Waals surface area contributed by atoms with Crippen molar-refractivity contribution in [2.24, 2.45) is 0 Å². The Hall–Kier alpha value is -2.68. The van der Waals surface area contributed by atoms with E-state index in [4.69, 9.17) is 0 Å². The molecule has 9 heteroatoms. The number of carbonyl (C=O) groups excluding carboxylic acids is 2. The van der Waals surface area contributed by atoms with Crippen molar-refractivity contribution in [1.29, 1.82) is 0 Å². The molecular weight excluding hydrogens is 308 g/mol. The minimum absolute atomic E-state index is 0.0388. The van der Waals surface area contributed by atoms with Gasteiger partial charge in [0.15, 0.2) is 5.16 Å². The van der Waals surface area contributed by atoms with Crippen LogP contribution in [0.3, 0.4) is 0 Å². The van der Waals surface area contributed by atoms with E-state index in [-0.39, 0.29) is 22.4 Å². The molecule has 0 saturated carbocycles. The number of methoxy groups -OCH3 is 1. The largest absolute Gasteiger partial charge is 0.465 e. The molecule has 1 heterocycles. The molecule has 114 valence electrons. The van der Waals surface area contributed by atoms with Gasteiger partial charge < -0.3 is 10.1 Å². The number of ether oxygens (including phenoxy) is 1. The molecule has 0 saturated heterocycles. The van der Waals surface area contributed by atoms with Crippen molar-refractivity contribution in [2.75, 3.05) is 18.2 Å². The molecule has 0 unspecified atom stereocenters. The van der Waals surface area contributed by atoms with Gasteiger partial charge >= 0.3 is 5.97 Å². The Labute approximate surface area is 129 Å². The summed E-state index contributed by atoms with van der Waals surface area (Å²) >= 11 is 1.04. The highest BCUT2D eigenvalue weighted by Gasteiger charge is 2.09. The maximum atomic E-state index is 11.8. The quantitative estimate of drug-likeness (QED) is 0.615. The molecule has 0 spiro atoms. The number of carbonyl (C=O) groups is 2. The Balaban J connectivity index is 1.94. The lowest BCUT2D eigenvalue weighted by Crippen LogP contribution is -2.16. The van der Waals surface area contributed by atoms with Gasteiger partial charge in [0.05, 0.1) is 18.4 Å². The third-order valence-corrected chi connectivity index (χ3v) is 3.32. The third-order valence-electron chi connectivity index (χ3n) is 2.46. The number of nitrogens with one attached hydrogen (secondary N) is 2. The van der Waals surface area contributed by atoms with Gasteiger partial charge in [0, 0.05) is 5.69 Å². The van der Waals surface area contributed by atoms with E-state index in [9.17, 15) is 14.4 Å². The Kier molecular flexibility index (Phi) is 5.26. The molecule has 1 aromatic carbocycles. The molecule has 22 heavy (non-hydrogen) atoms. The topological polar surface area (TPSA) is 114 Å². The van der Waals surface area contributed by atoms with Crippen molar-refractivity contribution in [3.8, 4) is 0 Å². The van der Waals surface area contributed by atoms with Crippen LogP contribution in [0.1, 0.15) is 10.4 Å². The Bertz CT molecular complexity index is 747. The molecule has 2 rings (SSSR count). The smallest absolute Gasteiger partial charge is 0.337 e. The van der Waals surface area contributed by atoms with Crippen molar-refractivity contribution >= 4 is 29.3 Å². The van der Waals surface area contributed by atoms with Gasteiger partial charge in [-0.3, -0.25) is 14.6 Å². The minimum Gasteiger partial charge on any atom is -0.465 e. The third kappa shape index (κ3) is 4.42. The lowest BCUT2D eigenvalue weighted by atomic mass is 10.2. The number of nitrogens with zero attached hydrogens (tertiary/aromatic N) is 2. The summed E-state index contributed by atoms with van der Waals surface area (Å²) in [6.07, 6.45) is 1.04. The second-order valence-corrected chi connectivity index (χ2v) is 5.01. The fourth-order valence-electron chi connectivity index (χ4n) is 1.53. The number of esters is 1. The van der Waals surface area contributed by atoms with Gasteiger partial charge in [-0.25, -0.2) is 4.79 Å². The number of aromatic amines is 1. The molecule has 1 aromatic heterocycles. The lowest BCUT2D eigenvalue weighted by molar-refractivity contribution is -0.113. The molecule has 0 bridgehead atoms. The van der Waals surface area contributed by atoms with Gasteiger partial charge in [0.25, 0.3) is 5.56 Å². The summed E-state index contributed by atoms with van der Waals surface area (Å²) in [5.41, 5.74) is 0.427. The predicted molar refractivity (Wildman–Crippen MR) is 79.8 cm³/mol. The highest BCUT2D eigenvalue weighted by molar-refractivity contribution is 7.99. The normalized spacial score (nSPS) is 10.0. The zero-order valence-electron chi connectivity index (χ0n) is 11.5. The first-order valence-corrected chi connectivity index (χ1v) is 7.10. The molecule has 0 fully saturated rings. The number of amides is 1. The van der Waals surface area contributed by atoms with Crippen LogP contribution >= 0.6 is 11.8 Å². The molecule has 1 amide bonds. The van der Waals surface area contributed by atoms with E-state index < -0.39 is 5.97 Å². The SMILES string of the molecule is COC(=O)c1cccc(NC(=O)CSc2nncc(=O)[nH]2)c1. The zero-order valence-corrected chi connectivity index (χ0v) is 12.3. The number of benzene rings is 1. The van der Waals surface area contributed by atoms with E-state index in [1.165, 1.54) is 13.2 Å². The van der Waals surface area contributed by atoms with Crippen LogP contribution in [0.25, 0.3) is 0 Å². The molecular formula is C13H12N4O4S. The Morgan fingerprint density at radius 1 is 1.41 bits per heavy atom. The maximum absolute atomic E-state index is 11.8. The lowest BCUT2D eigenvalue weighted by Gasteiger charge is -2.06. The summed E-state index contributed by atoms with van der Waals surface area (Å²) in [6, 6.07) is 6.38. The van der Waals surface area contributed by atoms with Gasteiger partial charge in [-0.05, 0) is 18.2 Å².